The van der Waals surface area contributed by atoms with Gasteiger partial charge in [-0.1, -0.05) is 24.9 Å². The summed E-state index contributed by atoms with van der Waals surface area (Å²) >= 11 is 0. The molecule has 0 spiro atoms. The number of ether oxygens (including phenoxy) is 1. The number of rotatable bonds is 8. The minimum atomic E-state index is -0.778. The van der Waals surface area contributed by atoms with Gasteiger partial charge in [0.25, 0.3) is 0 Å². The van der Waals surface area contributed by atoms with Crippen LogP contribution in [-0.2, 0) is 21.5 Å². The molecule has 9 nitrogen and oxygen atoms in total. The highest BCUT2D eigenvalue weighted by Gasteiger charge is 2.54. The lowest BCUT2D eigenvalue weighted by Crippen LogP contribution is -2.25. The number of pyridine rings is 1. The van der Waals surface area contributed by atoms with Gasteiger partial charge in [-0.3, -0.25) is 4.79 Å². The Morgan fingerprint density at radius 3 is 2.79 bits per heavy atom. The molecule has 3 aromatic heterocycles. The van der Waals surface area contributed by atoms with E-state index in [-0.39, 0.29) is 25.0 Å². The zero-order valence-corrected chi connectivity index (χ0v) is 18.6. The van der Waals surface area contributed by atoms with E-state index in [4.69, 9.17) is 10.5 Å². The van der Waals surface area contributed by atoms with Gasteiger partial charge in [-0.2, -0.15) is 5.10 Å². The Hall–Kier alpha value is -3.92. The van der Waals surface area contributed by atoms with Crippen molar-refractivity contribution < 1.29 is 13.9 Å². The highest BCUT2D eigenvalue weighted by molar-refractivity contribution is 5.91. The normalized spacial score (nSPS) is 14.2. The maximum Gasteiger partial charge on any atom is 0.316 e. The first-order valence-electron chi connectivity index (χ1n) is 11.1. The first-order chi connectivity index (χ1) is 16.6. The van der Waals surface area contributed by atoms with Crippen molar-refractivity contribution in [1.82, 2.24) is 24.7 Å². The van der Waals surface area contributed by atoms with Crippen molar-refractivity contribution >= 4 is 22.8 Å². The number of carbonyl (C=O) groups is 1. The zero-order valence-electron chi connectivity index (χ0n) is 18.6. The van der Waals surface area contributed by atoms with Crippen LogP contribution in [0.1, 0.15) is 30.9 Å². The highest BCUT2D eigenvalue weighted by atomic mass is 19.1. The van der Waals surface area contributed by atoms with Gasteiger partial charge in [-0.15, -0.1) is 0 Å². The second kappa shape index (κ2) is 8.79. The fourth-order valence-corrected chi connectivity index (χ4v) is 4.12. The topological polar surface area (TPSA) is 119 Å². The predicted octanol–water partition coefficient (Wildman–Crippen LogP) is 4.09. The number of hydrogen-bond acceptors (Lipinski definition) is 7. The van der Waals surface area contributed by atoms with Crippen molar-refractivity contribution in [3.05, 3.63) is 71.5 Å². The summed E-state index contributed by atoms with van der Waals surface area (Å²) in [6.45, 7) is 2.14. The average Bonchev–Trinajstić information content (AvgIpc) is 3.58. The Balaban J connectivity index is 1.58. The lowest BCUT2D eigenvalue weighted by molar-refractivity contribution is -0.146. The minimum Gasteiger partial charge on any atom is -0.660 e. The summed E-state index contributed by atoms with van der Waals surface area (Å²) in [5, 5.41) is 8.32. The Kier molecular flexibility index (Phi) is 5.66. The molecule has 1 fully saturated rings. The van der Waals surface area contributed by atoms with Crippen LogP contribution < -0.4 is 5.32 Å². The third-order valence-corrected chi connectivity index (χ3v) is 5.97. The molecule has 5 rings (SSSR count). The number of anilines is 1. The van der Waals surface area contributed by atoms with Crippen LogP contribution in [0, 0.1) is 5.82 Å². The smallest absolute Gasteiger partial charge is 0.316 e. The summed E-state index contributed by atoms with van der Waals surface area (Å²) in [6.07, 6.45) is 4.55. The van der Waals surface area contributed by atoms with Crippen molar-refractivity contribution in [2.75, 3.05) is 18.6 Å². The van der Waals surface area contributed by atoms with Gasteiger partial charge < -0.3 is 15.8 Å². The number of aromatic nitrogens is 5. The molecule has 1 aromatic carbocycles. The van der Waals surface area contributed by atoms with E-state index >= 15 is 0 Å². The molecular weight excluding hydrogens is 437 g/mol. The number of halogens is 1. The first kappa shape index (κ1) is 21.9. The van der Waals surface area contributed by atoms with Crippen molar-refractivity contribution in [1.29, 1.82) is 0 Å². The summed E-state index contributed by atoms with van der Waals surface area (Å²) in [5.41, 5.74) is 9.05. The van der Waals surface area contributed by atoms with Gasteiger partial charge in [0.05, 0.1) is 24.0 Å². The van der Waals surface area contributed by atoms with Crippen molar-refractivity contribution in [3.8, 4) is 11.5 Å². The van der Waals surface area contributed by atoms with E-state index in [0.717, 1.165) is 5.39 Å². The van der Waals surface area contributed by atoms with Crippen LogP contribution in [0.3, 0.4) is 0 Å². The summed E-state index contributed by atoms with van der Waals surface area (Å²) in [4.78, 5) is 26.2. The SMILES string of the molecule is CCOC(=O)C1(c2cnc(-c3nn(Cc4ccccc4F)c4ncccc34)nc2NC[NH-])CC1. The molecule has 1 aliphatic carbocycles. The highest BCUT2D eigenvalue weighted by Crippen LogP contribution is 2.51. The van der Waals surface area contributed by atoms with E-state index in [2.05, 4.69) is 25.4 Å². The molecular formula is C24H23FN7O2-. The molecule has 0 radical (unpaired) electrons. The molecule has 10 heteroatoms. The number of nitrogens with zero attached hydrogens (tertiary/aromatic N) is 5. The molecule has 0 atom stereocenters. The number of carbonyl (C=O) groups excluding carboxylic acids is 1. The Morgan fingerprint density at radius 1 is 1.24 bits per heavy atom. The van der Waals surface area contributed by atoms with E-state index in [1.54, 1.807) is 48.3 Å². The second-order valence-corrected chi connectivity index (χ2v) is 8.08. The molecule has 34 heavy (non-hydrogen) atoms. The van der Waals surface area contributed by atoms with Gasteiger partial charge in [0.1, 0.15) is 17.3 Å². The summed E-state index contributed by atoms with van der Waals surface area (Å²) in [6, 6.07) is 10.2. The number of esters is 1. The fraction of sp³-hybridized carbons (Fsp3) is 0.292. The third-order valence-electron chi connectivity index (χ3n) is 5.97. The van der Waals surface area contributed by atoms with Gasteiger partial charge >= 0.3 is 5.97 Å². The summed E-state index contributed by atoms with van der Waals surface area (Å²) in [7, 11) is 0. The maximum atomic E-state index is 14.3. The molecule has 3 heterocycles. The molecule has 174 valence electrons. The Morgan fingerprint density at radius 2 is 2.06 bits per heavy atom. The molecule has 1 aliphatic rings. The monoisotopic (exact) mass is 460 g/mol. The van der Waals surface area contributed by atoms with Crippen molar-refractivity contribution in [2.24, 2.45) is 0 Å². The second-order valence-electron chi connectivity index (χ2n) is 8.08. The fourth-order valence-electron chi connectivity index (χ4n) is 4.12. The summed E-state index contributed by atoms with van der Waals surface area (Å²) in [5.74, 6) is 0.110. The van der Waals surface area contributed by atoms with E-state index in [1.807, 2.05) is 6.07 Å². The lowest BCUT2D eigenvalue weighted by Gasteiger charge is -2.19. The zero-order chi connectivity index (χ0) is 23.7. The van der Waals surface area contributed by atoms with Gasteiger partial charge in [-0.25, -0.2) is 24.0 Å². The Bertz CT molecular complexity index is 1370. The van der Waals surface area contributed by atoms with Crippen LogP contribution in [0.25, 0.3) is 28.3 Å². The molecule has 0 amide bonds. The van der Waals surface area contributed by atoms with Gasteiger partial charge in [0, 0.05) is 23.5 Å². The van der Waals surface area contributed by atoms with Gasteiger partial charge in [0.2, 0.25) is 0 Å². The number of nitrogens with one attached hydrogen (secondary N) is 2. The van der Waals surface area contributed by atoms with Crippen molar-refractivity contribution in [2.45, 2.75) is 31.7 Å². The van der Waals surface area contributed by atoms with Crippen LogP contribution in [-0.4, -0.2) is 44.0 Å². The van der Waals surface area contributed by atoms with Gasteiger partial charge in [0.15, 0.2) is 11.5 Å². The molecule has 4 aromatic rings. The van der Waals surface area contributed by atoms with Crippen LogP contribution in [0.2, 0.25) is 0 Å². The van der Waals surface area contributed by atoms with Crippen LogP contribution in [0.15, 0.2) is 48.8 Å². The number of benzene rings is 1. The molecule has 0 aliphatic heterocycles. The van der Waals surface area contributed by atoms with Crippen LogP contribution >= 0.6 is 0 Å². The standard InChI is InChI=1S/C24H23FN7O2/c1-2-34-23(33)24(9-10-24)17-12-28-21(30-20(17)29-14-26)19-16-7-5-11-27-22(16)32(31-19)13-15-6-3-4-8-18(15)25/h3-8,11-12,26H,2,9-10,13-14H2,1H3,(H,28,29,30)/q-1. The third kappa shape index (κ3) is 3.75. The maximum absolute atomic E-state index is 14.3. The lowest BCUT2D eigenvalue weighted by atomic mass is 9.98. The first-order valence-corrected chi connectivity index (χ1v) is 11.1. The minimum absolute atomic E-state index is 0.119. The molecule has 2 N–H and O–H groups in total. The predicted molar refractivity (Wildman–Crippen MR) is 124 cm³/mol. The molecule has 0 bridgehead atoms. The molecule has 1 saturated carbocycles. The van der Waals surface area contributed by atoms with E-state index in [0.29, 0.717) is 53.6 Å². The van der Waals surface area contributed by atoms with Crippen molar-refractivity contribution in [3.63, 3.8) is 0 Å². The van der Waals surface area contributed by atoms with E-state index in [1.165, 1.54) is 6.07 Å². The average molecular weight is 460 g/mol. The molecule has 0 saturated heterocycles. The van der Waals surface area contributed by atoms with Crippen LogP contribution in [0.4, 0.5) is 10.2 Å². The number of hydrogen-bond donors (Lipinski definition) is 1. The summed E-state index contributed by atoms with van der Waals surface area (Å²) < 4.78 is 21.2. The van der Waals surface area contributed by atoms with Gasteiger partial charge in [-0.05, 0) is 38.0 Å². The quantitative estimate of drug-likeness (QED) is 0.393. The molecule has 0 unspecified atom stereocenters. The largest absolute Gasteiger partial charge is 0.660 e. The number of fused-ring (bicyclic) bond motifs is 1. The van der Waals surface area contributed by atoms with E-state index < -0.39 is 5.41 Å². The Labute approximate surface area is 195 Å². The van der Waals surface area contributed by atoms with Crippen LogP contribution in [0.5, 0.6) is 0 Å². The van der Waals surface area contributed by atoms with E-state index in [9.17, 15) is 9.18 Å².